The van der Waals surface area contributed by atoms with Crippen molar-refractivity contribution in [2.45, 2.75) is 0 Å². The molecule has 6 heteroatoms. The zero-order valence-electron chi connectivity index (χ0n) is 11.3. The molecular formula is C16H11ClFN3O. The number of benzene rings is 2. The molecule has 0 amide bonds. The van der Waals surface area contributed by atoms with Crippen molar-refractivity contribution >= 4 is 17.5 Å². The first-order valence-electron chi connectivity index (χ1n) is 6.42. The third-order valence-corrected chi connectivity index (χ3v) is 3.35. The first-order valence-corrected chi connectivity index (χ1v) is 6.80. The van der Waals surface area contributed by atoms with E-state index < -0.39 is 0 Å². The fraction of sp³-hybridized carbons (Fsp3) is 0. The number of nitrogens with zero attached hydrogens (tertiary/aromatic N) is 2. The summed E-state index contributed by atoms with van der Waals surface area (Å²) in [6.45, 7) is 0. The van der Waals surface area contributed by atoms with Crippen LogP contribution in [0.1, 0.15) is 0 Å². The van der Waals surface area contributed by atoms with Crippen LogP contribution in [0.5, 0.6) is 5.75 Å². The number of hydrogen-bond acceptors (Lipinski definition) is 4. The molecule has 3 rings (SSSR count). The molecule has 0 saturated carbocycles. The van der Waals surface area contributed by atoms with Crippen LogP contribution < -0.4 is 5.73 Å². The summed E-state index contributed by atoms with van der Waals surface area (Å²) in [5.74, 6) is -0.248. The molecule has 0 radical (unpaired) electrons. The zero-order chi connectivity index (χ0) is 15.7. The molecule has 1 aromatic heterocycles. The molecule has 0 bridgehead atoms. The molecule has 0 saturated heterocycles. The van der Waals surface area contributed by atoms with Gasteiger partial charge in [0.1, 0.15) is 11.6 Å². The maximum absolute atomic E-state index is 13.0. The molecule has 1 heterocycles. The van der Waals surface area contributed by atoms with E-state index in [9.17, 15) is 9.50 Å². The highest BCUT2D eigenvalue weighted by atomic mass is 35.5. The standard InChI is InChI=1S/C16H11ClFN3O/c17-10-3-6-15(22)12(7-10)14-8-13(20-16(19)21-14)9-1-4-11(18)5-2-9/h1-8,22H,(H2,19,20,21). The van der Waals surface area contributed by atoms with Gasteiger partial charge in [0, 0.05) is 16.1 Å². The molecular weight excluding hydrogens is 305 g/mol. The molecule has 110 valence electrons. The van der Waals surface area contributed by atoms with Crippen LogP contribution in [0.4, 0.5) is 10.3 Å². The van der Waals surface area contributed by atoms with Crippen LogP contribution in [0.25, 0.3) is 22.5 Å². The summed E-state index contributed by atoms with van der Waals surface area (Å²) >= 11 is 5.95. The SMILES string of the molecule is Nc1nc(-c2ccc(F)cc2)cc(-c2cc(Cl)ccc2O)n1. The summed E-state index contributed by atoms with van der Waals surface area (Å²) in [6, 6.07) is 12.2. The lowest BCUT2D eigenvalue weighted by Gasteiger charge is -2.08. The van der Waals surface area contributed by atoms with E-state index in [0.717, 1.165) is 0 Å². The molecule has 0 aliphatic rings. The van der Waals surface area contributed by atoms with Crippen LogP contribution in [0, 0.1) is 5.82 Å². The van der Waals surface area contributed by atoms with Crippen molar-refractivity contribution in [2.75, 3.05) is 5.73 Å². The topological polar surface area (TPSA) is 72.0 Å². The maximum Gasteiger partial charge on any atom is 0.221 e. The van der Waals surface area contributed by atoms with Crippen molar-refractivity contribution in [3.8, 4) is 28.3 Å². The minimum Gasteiger partial charge on any atom is -0.507 e. The van der Waals surface area contributed by atoms with Crippen molar-refractivity contribution in [3.63, 3.8) is 0 Å². The fourth-order valence-corrected chi connectivity index (χ4v) is 2.26. The van der Waals surface area contributed by atoms with Crippen molar-refractivity contribution in [3.05, 3.63) is 59.4 Å². The number of phenols is 1. The molecule has 0 spiro atoms. The molecule has 3 N–H and O–H groups in total. The Kier molecular flexibility index (Phi) is 3.65. The molecule has 0 aliphatic heterocycles. The second-order valence-corrected chi connectivity index (χ2v) is 5.10. The van der Waals surface area contributed by atoms with Crippen LogP contribution >= 0.6 is 11.6 Å². The van der Waals surface area contributed by atoms with Crippen molar-refractivity contribution in [2.24, 2.45) is 0 Å². The average Bonchev–Trinajstić information content (AvgIpc) is 2.50. The van der Waals surface area contributed by atoms with E-state index in [1.54, 1.807) is 30.3 Å². The minimum absolute atomic E-state index is 0.0348. The second kappa shape index (κ2) is 5.61. The zero-order valence-corrected chi connectivity index (χ0v) is 12.0. The van der Waals surface area contributed by atoms with Crippen molar-refractivity contribution in [1.29, 1.82) is 0 Å². The van der Waals surface area contributed by atoms with E-state index in [2.05, 4.69) is 9.97 Å². The Morgan fingerprint density at radius 3 is 2.36 bits per heavy atom. The highest BCUT2D eigenvalue weighted by Gasteiger charge is 2.11. The summed E-state index contributed by atoms with van der Waals surface area (Å²) in [7, 11) is 0. The molecule has 0 fully saturated rings. The Bertz CT molecular complexity index is 837. The second-order valence-electron chi connectivity index (χ2n) is 4.66. The van der Waals surface area contributed by atoms with Gasteiger partial charge in [-0.1, -0.05) is 11.6 Å². The summed E-state index contributed by atoms with van der Waals surface area (Å²) in [6.07, 6.45) is 0. The lowest BCUT2D eigenvalue weighted by atomic mass is 10.1. The first-order chi connectivity index (χ1) is 10.5. The van der Waals surface area contributed by atoms with Crippen molar-refractivity contribution < 1.29 is 9.50 Å². The molecule has 4 nitrogen and oxygen atoms in total. The van der Waals surface area contributed by atoms with Gasteiger partial charge in [-0.15, -0.1) is 0 Å². The summed E-state index contributed by atoms with van der Waals surface area (Å²) < 4.78 is 13.0. The van der Waals surface area contributed by atoms with Gasteiger partial charge >= 0.3 is 0 Å². The number of nitrogen functional groups attached to an aromatic ring is 1. The minimum atomic E-state index is -0.335. The summed E-state index contributed by atoms with van der Waals surface area (Å²) in [4.78, 5) is 8.26. The average molecular weight is 316 g/mol. The molecule has 2 aromatic carbocycles. The Morgan fingerprint density at radius 1 is 0.955 bits per heavy atom. The maximum atomic E-state index is 13.0. The molecule has 22 heavy (non-hydrogen) atoms. The van der Waals surface area contributed by atoms with E-state index in [0.29, 0.717) is 27.5 Å². The molecule has 0 aliphatic carbocycles. The van der Waals surface area contributed by atoms with Crippen LogP contribution in [-0.4, -0.2) is 15.1 Å². The van der Waals surface area contributed by atoms with Crippen molar-refractivity contribution in [1.82, 2.24) is 9.97 Å². The first kappa shape index (κ1) is 14.3. The Hall–Kier alpha value is -2.66. The molecule has 0 unspecified atom stereocenters. The highest BCUT2D eigenvalue weighted by Crippen LogP contribution is 2.32. The fourth-order valence-electron chi connectivity index (χ4n) is 2.09. The number of rotatable bonds is 2. The van der Waals surface area contributed by atoms with Crippen LogP contribution in [0.3, 0.4) is 0 Å². The van der Waals surface area contributed by atoms with Crippen LogP contribution in [0.2, 0.25) is 5.02 Å². The van der Waals surface area contributed by atoms with Crippen LogP contribution in [-0.2, 0) is 0 Å². The van der Waals surface area contributed by atoms with Gasteiger partial charge in [-0.3, -0.25) is 0 Å². The summed E-state index contributed by atoms with van der Waals surface area (Å²) in [5.41, 5.74) is 7.85. The van der Waals surface area contributed by atoms with E-state index >= 15 is 0 Å². The van der Waals surface area contributed by atoms with Gasteiger partial charge in [-0.05, 0) is 48.5 Å². The quantitative estimate of drug-likeness (QED) is 0.752. The summed E-state index contributed by atoms with van der Waals surface area (Å²) in [5, 5.41) is 10.4. The number of halogens is 2. The van der Waals surface area contributed by atoms with E-state index in [1.807, 2.05) is 0 Å². The molecule has 0 atom stereocenters. The van der Waals surface area contributed by atoms with Crippen LogP contribution in [0.15, 0.2) is 48.5 Å². The Balaban J connectivity index is 2.14. The van der Waals surface area contributed by atoms with Gasteiger partial charge < -0.3 is 10.8 Å². The predicted octanol–water partition coefficient (Wildman–Crippen LogP) is 3.89. The van der Waals surface area contributed by atoms with Gasteiger partial charge in [0.25, 0.3) is 0 Å². The normalized spacial score (nSPS) is 10.6. The van der Waals surface area contributed by atoms with Gasteiger partial charge in [-0.2, -0.15) is 0 Å². The lowest BCUT2D eigenvalue weighted by molar-refractivity contribution is 0.477. The third-order valence-electron chi connectivity index (χ3n) is 3.12. The van der Waals surface area contributed by atoms with E-state index in [4.69, 9.17) is 17.3 Å². The third kappa shape index (κ3) is 2.84. The van der Waals surface area contributed by atoms with E-state index in [1.165, 1.54) is 18.2 Å². The van der Waals surface area contributed by atoms with Gasteiger partial charge in [-0.25, -0.2) is 14.4 Å². The lowest BCUT2D eigenvalue weighted by Crippen LogP contribution is -1.99. The number of aromatic nitrogens is 2. The Morgan fingerprint density at radius 2 is 1.64 bits per heavy atom. The van der Waals surface area contributed by atoms with Gasteiger partial charge in [0.05, 0.1) is 11.4 Å². The number of nitrogens with two attached hydrogens (primary N) is 1. The highest BCUT2D eigenvalue weighted by molar-refractivity contribution is 6.30. The monoisotopic (exact) mass is 315 g/mol. The smallest absolute Gasteiger partial charge is 0.221 e. The number of phenolic OH excluding ortho intramolecular Hbond substituents is 1. The predicted molar refractivity (Wildman–Crippen MR) is 83.9 cm³/mol. The van der Waals surface area contributed by atoms with Gasteiger partial charge in [0.2, 0.25) is 5.95 Å². The Labute approximate surface area is 131 Å². The molecule has 3 aromatic rings. The number of aromatic hydroxyl groups is 1. The van der Waals surface area contributed by atoms with E-state index in [-0.39, 0.29) is 17.5 Å². The van der Waals surface area contributed by atoms with Gasteiger partial charge in [0.15, 0.2) is 0 Å². The number of anilines is 1. The largest absolute Gasteiger partial charge is 0.507 e. The number of hydrogen-bond donors (Lipinski definition) is 2.